The highest BCUT2D eigenvalue weighted by Gasteiger charge is 2.57. The molecule has 4 aromatic carbocycles. The number of carboxylic acids is 1. The van der Waals surface area contributed by atoms with Crippen LogP contribution in [0, 0.1) is 0 Å². The zero-order valence-corrected chi connectivity index (χ0v) is 24.4. The molecule has 0 radical (unpaired) electrons. The van der Waals surface area contributed by atoms with E-state index in [1.54, 1.807) is 0 Å². The summed E-state index contributed by atoms with van der Waals surface area (Å²) in [6.07, 6.45) is -4.48. The van der Waals surface area contributed by atoms with Gasteiger partial charge in [-0.3, -0.25) is 4.79 Å². The van der Waals surface area contributed by atoms with E-state index in [2.05, 4.69) is 0 Å². The number of carboxylic acid groups (broad SMARTS) is 1. The van der Waals surface area contributed by atoms with Crippen molar-refractivity contribution in [3.63, 3.8) is 0 Å². The van der Waals surface area contributed by atoms with Gasteiger partial charge in [0.2, 0.25) is 5.79 Å². The molecule has 0 aliphatic carbocycles. The monoisotopic (exact) mass is 598 g/mol. The first-order valence-electron chi connectivity index (χ1n) is 14.7. The third-order valence-electron chi connectivity index (χ3n) is 7.43. The van der Waals surface area contributed by atoms with Gasteiger partial charge in [0.15, 0.2) is 0 Å². The zero-order chi connectivity index (χ0) is 30.6. The molecule has 0 bridgehead atoms. The average molecular weight is 599 g/mol. The summed E-state index contributed by atoms with van der Waals surface area (Å²) in [5.41, 5.74) is 3.65. The van der Waals surface area contributed by atoms with Crippen molar-refractivity contribution in [2.24, 2.45) is 0 Å². The molecule has 1 unspecified atom stereocenters. The van der Waals surface area contributed by atoms with Gasteiger partial charge in [0.25, 0.3) is 0 Å². The van der Waals surface area contributed by atoms with Crippen LogP contribution in [0.5, 0.6) is 0 Å². The maximum absolute atomic E-state index is 12.1. The fourth-order valence-corrected chi connectivity index (χ4v) is 5.29. The molecule has 0 aromatic heterocycles. The number of rotatable bonds is 15. The van der Waals surface area contributed by atoms with Crippen LogP contribution < -0.4 is 0 Å². The molecule has 1 saturated heterocycles. The molecule has 4 aromatic rings. The zero-order valence-electron chi connectivity index (χ0n) is 24.4. The van der Waals surface area contributed by atoms with Gasteiger partial charge in [0.1, 0.15) is 30.8 Å². The molecule has 1 fully saturated rings. The molecule has 5 rings (SSSR count). The van der Waals surface area contributed by atoms with E-state index in [1.807, 2.05) is 121 Å². The predicted octanol–water partition coefficient (Wildman–Crippen LogP) is 5.52. The smallest absolute Gasteiger partial charge is 0.308 e. The van der Waals surface area contributed by atoms with Gasteiger partial charge in [-0.05, 0) is 22.3 Å². The van der Waals surface area contributed by atoms with Gasteiger partial charge in [-0.2, -0.15) is 0 Å². The lowest BCUT2D eigenvalue weighted by atomic mass is 9.89. The molecule has 0 saturated carbocycles. The van der Waals surface area contributed by atoms with E-state index in [4.69, 9.17) is 23.7 Å². The van der Waals surface area contributed by atoms with Crippen LogP contribution in [-0.4, -0.2) is 53.0 Å². The second-order valence-electron chi connectivity index (χ2n) is 10.8. The summed E-state index contributed by atoms with van der Waals surface area (Å²) in [4.78, 5) is 12.1. The largest absolute Gasteiger partial charge is 0.481 e. The number of aliphatic hydroxyl groups is 1. The maximum Gasteiger partial charge on any atom is 0.308 e. The Bertz CT molecular complexity index is 1400. The Morgan fingerprint density at radius 2 is 1.02 bits per heavy atom. The summed E-state index contributed by atoms with van der Waals surface area (Å²) in [5, 5.41) is 21.8. The van der Waals surface area contributed by atoms with E-state index >= 15 is 0 Å². The third-order valence-corrected chi connectivity index (χ3v) is 7.43. The highest BCUT2D eigenvalue weighted by molar-refractivity contribution is 5.68. The molecule has 0 spiro atoms. The lowest BCUT2D eigenvalue weighted by molar-refractivity contribution is -0.370. The number of hydrogen-bond donors (Lipinski definition) is 2. The van der Waals surface area contributed by atoms with E-state index < -0.39 is 42.6 Å². The average Bonchev–Trinajstić information content (AvgIpc) is 3.04. The first-order chi connectivity index (χ1) is 21.5. The van der Waals surface area contributed by atoms with Crippen molar-refractivity contribution in [3.8, 4) is 0 Å². The fraction of sp³-hybridized carbons (Fsp3) is 0.306. The van der Waals surface area contributed by atoms with E-state index in [0.717, 1.165) is 22.3 Å². The highest BCUT2D eigenvalue weighted by atomic mass is 16.7. The van der Waals surface area contributed by atoms with E-state index in [-0.39, 0.29) is 26.4 Å². The minimum Gasteiger partial charge on any atom is -0.481 e. The van der Waals surface area contributed by atoms with Crippen LogP contribution in [0.25, 0.3) is 0 Å². The van der Waals surface area contributed by atoms with Gasteiger partial charge in [0.05, 0.1) is 33.0 Å². The first-order valence-corrected chi connectivity index (χ1v) is 14.7. The van der Waals surface area contributed by atoms with Crippen LogP contribution in [0.2, 0.25) is 0 Å². The fourth-order valence-electron chi connectivity index (χ4n) is 5.29. The number of carbonyl (C=O) groups is 1. The van der Waals surface area contributed by atoms with Gasteiger partial charge >= 0.3 is 5.97 Å². The molecule has 1 heterocycles. The summed E-state index contributed by atoms with van der Waals surface area (Å²) in [7, 11) is 0. The summed E-state index contributed by atoms with van der Waals surface area (Å²) in [6.45, 7) is 0.836. The Morgan fingerprint density at radius 3 is 1.48 bits per heavy atom. The van der Waals surface area contributed by atoms with Crippen molar-refractivity contribution in [2.75, 3.05) is 6.61 Å². The van der Waals surface area contributed by atoms with Gasteiger partial charge in [0, 0.05) is 0 Å². The maximum atomic E-state index is 12.1. The molecule has 230 valence electrons. The van der Waals surface area contributed by atoms with Crippen LogP contribution in [0.1, 0.15) is 28.7 Å². The van der Waals surface area contributed by atoms with E-state index in [0.29, 0.717) is 6.61 Å². The van der Waals surface area contributed by atoms with Gasteiger partial charge in [-0.1, -0.05) is 121 Å². The molecule has 0 amide bonds. The van der Waals surface area contributed by atoms with Crippen LogP contribution in [0.15, 0.2) is 121 Å². The van der Waals surface area contributed by atoms with Crippen molar-refractivity contribution in [1.29, 1.82) is 0 Å². The number of aliphatic carboxylic acids is 1. The van der Waals surface area contributed by atoms with Crippen LogP contribution in [0.3, 0.4) is 0 Å². The van der Waals surface area contributed by atoms with Crippen molar-refractivity contribution in [1.82, 2.24) is 0 Å². The van der Waals surface area contributed by atoms with Crippen molar-refractivity contribution in [3.05, 3.63) is 144 Å². The minimum absolute atomic E-state index is 0.0207. The molecule has 1 aliphatic rings. The van der Waals surface area contributed by atoms with Crippen LogP contribution in [0.4, 0.5) is 0 Å². The number of hydrogen-bond acceptors (Lipinski definition) is 7. The van der Waals surface area contributed by atoms with Crippen LogP contribution in [-0.2, 0) is 54.9 Å². The second kappa shape index (κ2) is 15.7. The minimum atomic E-state index is -2.23. The Kier molecular flexibility index (Phi) is 11.3. The highest BCUT2D eigenvalue weighted by Crippen LogP contribution is 2.37. The molecule has 8 nitrogen and oxygen atoms in total. The summed E-state index contributed by atoms with van der Waals surface area (Å²) in [6, 6.07) is 38.4. The van der Waals surface area contributed by atoms with Gasteiger partial charge in [-0.15, -0.1) is 0 Å². The van der Waals surface area contributed by atoms with Crippen LogP contribution >= 0.6 is 0 Å². The van der Waals surface area contributed by atoms with Crippen molar-refractivity contribution < 1.29 is 38.7 Å². The van der Waals surface area contributed by atoms with E-state index in [9.17, 15) is 15.0 Å². The Labute approximate surface area is 257 Å². The molecule has 2 N–H and O–H groups in total. The van der Waals surface area contributed by atoms with Gasteiger partial charge < -0.3 is 33.9 Å². The summed E-state index contributed by atoms with van der Waals surface area (Å²) in [5.74, 6) is -3.47. The standard InChI is InChI=1S/C36H38O8/c37-32(38)21-36(39)35(43-25-30-19-11-4-12-20-30)34(42-24-29-17-9-3-10-18-29)33(41-23-28-15-7-2-8-16-28)31(44-36)26-40-22-27-13-5-1-6-14-27/h1-20,31,33-35,39H,21-26H2,(H,37,38)/t31-,33-,34+,35-,36?/m1/s1. The van der Waals surface area contributed by atoms with Crippen molar-refractivity contribution in [2.45, 2.75) is 63.1 Å². The summed E-state index contributed by atoms with van der Waals surface area (Å²) >= 11 is 0. The summed E-state index contributed by atoms with van der Waals surface area (Å²) < 4.78 is 31.6. The van der Waals surface area contributed by atoms with E-state index in [1.165, 1.54) is 0 Å². The lowest BCUT2D eigenvalue weighted by Crippen LogP contribution is -2.67. The number of ether oxygens (including phenoxy) is 5. The molecule has 5 atom stereocenters. The molecule has 44 heavy (non-hydrogen) atoms. The topological polar surface area (TPSA) is 104 Å². The normalized spacial score (nSPS) is 23.3. The SMILES string of the molecule is O=C(O)CC1(O)O[C@H](COCc2ccccc2)[C@@H](OCc2ccccc2)[C@H](OCc2ccccc2)[C@H]1OCc1ccccc1. The Balaban J connectivity index is 1.46. The van der Waals surface area contributed by atoms with Gasteiger partial charge in [-0.25, -0.2) is 0 Å². The predicted molar refractivity (Wildman–Crippen MR) is 163 cm³/mol. The Morgan fingerprint density at radius 1 is 0.614 bits per heavy atom. The molecule has 1 aliphatic heterocycles. The Hall–Kier alpha value is -3.89. The third kappa shape index (κ3) is 8.83. The number of benzene rings is 4. The molecule has 8 heteroatoms. The molecular weight excluding hydrogens is 560 g/mol. The van der Waals surface area contributed by atoms with Crippen molar-refractivity contribution >= 4 is 5.97 Å². The second-order valence-corrected chi connectivity index (χ2v) is 10.8. The first kappa shape index (κ1) is 31.5. The quantitative estimate of drug-likeness (QED) is 0.184. The molecular formula is C36H38O8. The lowest BCUT2D eigenvalue weighted by Gasteiger charge is -2.49.